The Hall–Kier alpha value is -5.80. The minimum atomic E-state index is 0.277. The predicted molar refractivity (Wildman–Crippen MR) is 239 cm³/mol. The molecule has 0 amide bonds. The van der Waals surface area contributed by atoms with Gasteiger partial charge in [0.15, 0.2) is 0 Å². The zero-order valence-corrected chi connectivity index (χ0v) is 33.5. The molecule has 0 radical (unpaired) electrons. The zero-order chi connectivity index (χ0) is 38.5. The molecule has 2 aliphatic carbocycles. The van der Waals surface area contributed by atoms with E-state index in [0.29, 0.717) is 17.9 Å². The third kappa shape index (κ3) is 6.67. The van der Waals surface area contributed by atoms with Crippen molar-refractivity contribution in [1.82, 2.24) is 4.90 Å². The average molecular weight is 745 g/mol. The van der Waals surface area contributed by atoms with Gasteiger partial charge in [0.05, 0.1) is 6.04 Å². The second-order valence-corrected chi connectivity index (χ2v) is 16.8. The molecule has 3 heterocycles. The van der Waals surface area contributed by atoms with Gasteiger partial charge in [0.1, 0.15) is 11.3 Å². The number of furan rings is 1. The van der Waals surface area contributed by atoms with Crippen LogP contribution < -0.4 is 4.90 Å². The zero-order valence-electron chi connectivity index (χ0n) is 33.5. The van der Waals surface area contributed by atoms with Crippen molar-refractivity contribution >= 4 is 34.0 Å². The highest BCUT2D eigenvalue weighted by atomic mass is 16.3. The lowest BCUT2D eigenvalue weighted by Gasteiger charge is -2.44. The van der Waals surface area contributed by atoms with Crippen molar-refractivity contribution in [1.29, 1.82) is 0 Å². The van der Waals surface area contributed by atoms with E-state index < -0.39 is 0 Å². The van der Waals surface area contributed by atoms with E-state index in [1.165, 1.54) is 78.8 Å². The molecule has 0 bridgehead atoms. The summed E-state index contributed by atoms with van der Waals surface area (Å²) in [4.78, 5) is 5.35. The molecule has 57 heavy (non-hydrogen) atoms. The first-order valence-electron chi connectivity index (χ1n) is 21.1. The molecule has 3 unspecified atom stereocenters. The lowest BCUT2D eigenvalue weighted by atomic mass is 9.77. The van der Waals surface area contributed by atoms with Gasteiger partial charge in [-0.2, -0.15) is 0 Å². The summed E-state index contributed by atoms with van der Waals surface area (Å²) in [6.45, 7) is 8.92. The number of allylic oxidation sites excluding steroid dienone is 3. The van der Waals surface area contributed by atoms with Crippen molar-refractivity contribution in [3.63, 3.8) is 0 Å². The number of hydrogen-bond donors (Lipinski definition) is 0. The molecule has 0 N–H and O–H groups in total. The van der Waals surface area contributed by atoms with E-state index in [9.17, 15) is 0 Å². The van der Waals surface area contributed by atoms with Crippen LogP contribution in [0.1, 0.15) is 83.4 Å². The summed E-state index contributed by atoms with van der Waals surface area (Å²) in [5.41, 5.74) is 17.0. The highest BCUT2D eigenvalue weighted by molar-refractivity contribution is 5.90. The lowest BCUT2D eigenvalue weighted by Crippen LogP contribution is -2.45. The first kappa shape index (κ1) is 35.6. The summed E-state index contributed by atoms with van der Waals surface area (Å²) < 4.78 is 6.40. The maximum Gasteiger partial charge on any atom is 0.135 e. The molecule has 2 aliphatic heterocycles. The second-order valence-electron chi connectivity index (χ2n) is 16.8. The Morgan fingerprint density at radius 3 is 2.35 bits per heavy atom. The monoisotopic (exact) mass is 744 g/mol. The van der Waals surface area contributed by atoms with Crippen molar-refractivity contribution < 1.29 is 4.42 Å². The van der Waals surface area contributed by atoms with E-state index in [4.69, 9.17) is 4.42 Å². The van der Waals surface area contributed by atoms with Crippen LogP contribution in [0.4, 0.5) is 5.69 Å². The number of benzene rings is 5. The van der Waals surface area contributed by atoms with Crippen LogP contribution in [0.15, 0.2) is 150 Å². The van der Waals surface area contributed by atoms with Gasteiger partial charge in [-0.15, -0.1) is 0 Å². The predicted octanol–water partition coefficient (Wildman–Crippen LogP) is 13.5. The molecular weight excluding hydrogens is 693 g/mol. The minimum absolute atomic E-state index is 0.277. The molecule has 0 spiro atoms. The Balaban J connectivity index is 0.938. The van der Waals surface area contributed by atoms with Crippen LogP contribution in [0, 0.1) is 25.7 Å². The van der Waals surface area contributed by atoms with Crippen LogP contribution in [0.2, 0.25) is 0 Å². The van der Waals surface area contributed by atoms with Gasteiger partial charge in [-0.3, -0.25) is 0 Å². The van der Waals surface area contributed by atoms with Gasteiger partial charge in [0, 0.05) is 47.4 Å². The quantitative estimate of drug-likeness (QED) is 0.152. The molecule has 6 aromatic rings. The van der Waals surface area contributed by atoms with Crippen molar-refractivity contribution in [3.05, 3.63) is 190 Å². The first-order valence-corrected chi connectivity index (χ1v) is 21.1. The topological polar surface area (TPSA) is 19.6 Å². The second kappa shape index (κ2) is 14.9. The van der Waals surface area contributed by atoms with Gasteiger partial charge in [0.25, 0.3) is 0 Å². The Bertz CT molecular complexity index is 2550. The standard InChI is InChI=1S/C54H52N2O/c1-36-30-48(44-26-27-47-46-19-11-13-21-53(46)57-54(47)33-44)38(3)50(31-36)55-29-28-43(32-37(2)45-18-10-12-20-49(45)55)40-24-22-39(23-25-40)35-56-51(41-14-6-4-7-15-41)34-52(56)42-16-8-5-9-17-42/h4-10,13-18,21-27,30-34,37,45,49,51H,11-12,19-20,28-29,35H2,1-3H3/b43-32+/t37?,45?,49?,51-/m1/s1. The summed E-state index contributed by atoms with van der Waals surface area (Å²) in [5.74, 6) is 1.92. The Kier molecular flexibility index (Phi) is 9.33. The van der Waals surface area contributed by atoms with Crippen LogP contribution in [0.3, 0.4) is 0 Å². The molecule has 4 aliphatic rings. The van der Waals surface area contributed by atoms with Crippen LogP contribution in [0.25, 0.3) is 39.4 Å². The highest BCUT2D eigenvalue weighted by Crippen LogP contribution is 2.44. The summed E-state index contributed by atoms with van der Waals surface area (Å²) in [6.07, 6.45) is 19.8. The highest BCUT2D eigenvalue weighted by Gasteiger charge is 2.34. The number of nitrogens with zero attached hydrogens (tertiary/aromatic N) is 2. The summed E-state index contributed by atoms with van der Waals surface area (Å²) in [5, 5.41) is 1.26. The van der Waals surface area contributed by atoms with Gasteiger partial charge < -0.3 is 14.2 Å². The molecule has 4 atom stereocenters. The molecule has 0 saturated carbocycles. The normalized spacial score (nSPS) is 22.5. The lowest BCUT2D eigenvalue weighted by molar-refractivity contribution is 0.298. The molecule has 1 aromatic heterocycles. The van der Waals surface area contributed by atoms with Crippen LogP contribution in [-0.2, 0) is 13.0 Å². The summed E-state index contributed by atoms with van der Waals surface area (Å²) in [7, 11) is 0. The van der Waals surface area contributed by atoms with Gasteiger partial charge in [0.2, 0.25) is 0 Å². The number of aryl methyl sites for hydroxylation is 2. The van der Waals surface area contributed by atoms with E-state index in [2.05, 4.69) is 182 Å². The minimum Gasteiger partial charge on any atom is -0.456 e. The average Bonchev–Trinajstić information content (AvgIpc) is 3.61. The molecular formula is C54H52N2O. The molecule has 0 fully saturated rings. The third-order valence-electron chi connectivity index (χ3n) is 13.2. The van der Waals surface area contributed by atoms with E-state index in [1.807, 2.05) is 0 Å². The van der Waals surface area contributed by atoms with Crippen molar-refractivity contribution in [2.24, 2.45) is 11.8 Å². The maximum absolute atomic E-state index is 6.40. The van der Waals surface area contributed by atoms with E-state index in [0.717, 1.165) is 50.1 Å². The third-order valence-corrected chi connectivity index (χ3v) is 13.2. The van der Waals surface area contributed by atoms with E-state index >= 15 is 0 Å². The van der Waals surface area contributed by atoms with Crippen LogP contribution in [0.5, 0.6) is 0 Å². The fourth-order valence-corrected chi connectivity index (χ4v) is 10.2. The van der Waals surface area contributed by atoms with Gasteiger partial charge in [-0.05, 0) is 126 Å². The first-order chi connectivity index (χ1) is 28.0. The molecule has 5 aromatic carbocycles. The summed E-state index contributed by atoms with van der Waals surface area (Å²) in [6, 6.07) is 43.7. The summed E-state index contributed by atoms with van der Waals surface area (Å²) >= 11 is 0. The largest absolute Gasteiger partial charge is 0.456 e. The van der Waals surface area contributed by atoms with E-state index in [-0.39, 0.29) is 6.04 Å². The Labute approximate surface area is 338 Å². The van der Waals surface area contributed by atoms with Gasteiger partial charge >= 0.3 is 0 Å². The molecule has 10 rings (SSSR count). The smallest absolute Gasteiger partial charge is 0.135 e. The van der Waals surface area contributed by atoms with Gasteiger partial charge in [-0.1, -0.05) is 134 Å². The SMILES string of the molecule is Cc1cc(-c2ccc3c4c(oc3c2)C=CCC4)c(C)c(N2CC/C(c3ccc(CN4C(c5ccccc5)=C[C@@H]4c4ccccc4)cc3)=C\C(C)C3C=CCCC32)c1. The van der Waals surface area contributed by atoms with Crippen LogP contribution in [-0.4, -0.2) is 17.5 Å². The number of anilines is 1. The van der Waals surface area contributed by atoms with Crippen molar-refractivity contribution in [2.45, 2.75) is 71.5 Å². The molecule has 3 heteroatoms. The fourth-order valence-electron chi connectivity index (χ4n) is 10.2. The molecule has 0 saturated heterocycles. The maximum atomic E-state index is 6.40. The van der Waals surface area contributed by atoms with Crippen molar-refractivity contribution in [3.8, 4) is 11.1 Å². The van der Waals surface area contributed by atoms with Gasteiger partial charge in [-0.25, -0.2) is 0 Å². The molecule has 3 nitrogen and oxygen atoms in total. The number of hydrogen-bond acceptors (Lipinski definition) is 3. The number of rotatable bonds is 7. The Morgan fingerprint density at radius 2 is 1.53 bits per heavy atom. The number of fused-ring (bicyclic) bond motifs is 4. The Morgan fingerprint density at radius 1 is 0.737 bits per heavy atom. The fraction of sp³-hybridized carbons (Fsp3) is 0.259. The van der Waals surface area contributed by atoms with Crippen LogP contribution >= 0.6 is 0 Å². The molecule has 284 valence electrons. The van der Waals surface area contributed by atoms with Crippen molar-refractivity contribution in [2.75, 3.05) is 11.4 Å². The van der Waals surface area contributed by atoms with E-state index in [1.54, 1.807) is 0 Å².